The van der Waals surface area contributed by atoms with Crippen molar-refractivity contribution < 1.29 is 19.4 Å². The van der Waals surface area contributed by atoms with Crippen molar-refractivity contribution in [3.05, 3.63) is 59.7 Å². The van der Waals surface area contributed by atoms with E-state index < -0.39 is 18.1 Å². The quantitative estimate of drug-likeness (QED) is 0.621. The van der Waals surface area contributed by atoms with Crippen molar-refractivity contribution in [2.75, 3.05) is 6.61 Å². The smallest absolute Gasteiger partial charge is 0.407 e. The largest absolute Gasteiger partial charge is 0.481 e. The summed E-state index contributed by atoms with van der Waals surface area (Å²) in [7, 11) is 0. The first-order chi connectivity index (χ1) is 14.3. The van der Waals surface area contributed by atoms with E-state index in [0.717, 1.165) is 11.1 Å². The van der Waals surface area contributed by atoms with Crippen molar-refractivity contribution in [1.82, 2.24) is 5.32 Å². The van der Waals surface area contributed by atoms with Gasteiger partial charge in [0.2, 0.25) is 0 Å². The molecule has 5 heteroatoms. The number of hydrogen-bond donors (Lipinski definition) is 2. The number of alkyl carbamates (subject to hydrolysis) is 1. The number of ether oxygens (including phenoxy) is 1. The molecule has 0 unspecified atom stereocenters. The highest BCUT2D eigenvalue weighted by atomic mass is 16.5. The number of hydrogen-bond acceptors (Lipinski definition) is 3. The van der Waals surface area contributed by atoms with Crippen molar-refractivity contribution in [3.63, 3.8) is 0 Å². The van der Waals surface area contributed by atoms with E-state index in [9.17, 15) is 14.7 Å². The van der Waals surface area contributed by atoms with E-state index in [0.29, 0.717) is 0 Å². The summed E-state index contributed by atoms with van der Waals surface area (Å²) in [4.78, 5) is 24.0. The molecule has 0 heterocycles. The van der Waals surface area contributed by atoms with Crippen LogP contribution in [0.2, 0.25) is 0 Å². The van der Waals surface area contributed by atoms with Gasteiger partial charge in [0.05, 0.1) is 6.42 Å². The number of fused-ring (bicyclic) bond motifs is 3. The summed E-state index contributed by atoms with van der Waals surface area (Å²) >= 11 is 0. The molecule has 3 rings (SSSR count). The number of carbonyl (C=O) groups is 2. The molecule has 0 fully saturated rings. The third kappa shape index (κ3) is 4.66. The van der Waals surface area contributed by atoms with Crippen molar-refractivity contribution in [3.8, 4) is 11.1 Å². The average Bonchev–Trinajstić information content (AvgIpc) is 2.99. The fourth-order valence-corrected chi connectivity index (χ4v) is 4.96. The fraction of sp³-hybridized carbons (Fsp3) is 0.440. The highest BCUT2D eigenvalue weighted by Crippen LogP contribution is 2.44. The Bertz CT molecular complexity index is 852. The highest BCUT2D eigenvalue weighted by molar-refractivity contribution is 5.79. The van der Waals surface area contributed by atoms with Gasteiger partial charge in [0.25, 0.3) is 0 Å². The van der Waals surface area contributed by atoms with Crippen LogP contribution in [-0.2, 0) is 9.53 Å². The van der Waals surface area contributed by atoms with Crippen molar-refractivity contribution in [1.29, 1.82) is 0 Å². The molecule has 1 atom stereocenters. The normalized spacial score (nSPS) is 14.0. The highest BCUT2D eigenvalue weighted by Gasteiger charge is 2.32. The Morgan fingerprint density at radius 1 is 0.933 bits per heavy atom. The summed E-state index contributed by atoms with van der Waals surface area (Å²) in [6.07, 6.45) is -0.681. The molecule has 0 bridgehead atoms. The van der Waals surface area contributed by atoms with Crippen LogP contribution in [0.4, 0.5) is 4.79 Å². The number of carbonyl (C=O) groups excluding carboxylic acids is 1. The first-order valence-electron chi connectivity index (χ1n) is 10.6. The molecule has 0 spiro atoms. The summed E-state index contributed by atoms with van der Waals surface area (Å²) in [5, 5.41) is 12.2. The molecule has 0 aliphatic heterocycles. The van der Waals surface area contributed by atoms with E-state index in [2.05, 4.69) is 57.3 Å². The maximum absolute atomic E-state index is 12.6. The zero-order valence-electron chi connectivity index (χ0n) is 18.1. The third-order valence-electron chi connectivity index (χ3n) is 6.05. The number of carboxylic acids is 1. The molecule has 1 amide bonds. The molecule has 30 heavy (non-hydrogen) atoms. The summed E-state index contributed by atoms with van der Waals surface area (Å²) < 4.78 is 5.62. The minimum absolute atomic E-state index is 0.0212. The van der Waals surface area contributed by atoms with E-state index >= 15 is 0 Å². The van der Waals surface area contributed by atoms with E-state index in [-0.39, 0.29) is 36.7 Å². The van der Waals surface area contributed by atoms with Crippen molar-refractivity contribution in [2.24, 2.45) is 17.8 Å². The second kappa shape index (κ2) is 9.33. The Labute approximate surface area is 178 Å². The second-order valence-electron chi connectivity index (χ2n) is 8.74. The lowest BCUT2D eigenvalue weighted by Crippen LogP contribution is -2.46. The van der Waals surface area contributed by atoms with Crippen LogP contribution in [0.3, 0.4) is 0 Å². The predicted octanol–water partition coefficient (Wildman–Crippen LogP) is 5.30. The van der Waals surface area contributed by atoms with Gasteiger partial charge in [0.15, 0.2) is 0 Å². The molecule has 0 aromatic heterocycles. The van der Waals surface area contributed by atoms with Crippen LogP contribution in [-0.4, -0.2) is 29.8 Å². The van der Waals surface area contributed by atoms with Crippen LogP contribution in [0.15, 0.2) is 48.5 Å². The van der Waals surface area contributed by atoms with Crippen LogP contribution < -0.4 is 5.32 Å². The van der Waals surface area contributed by atoms with Crippen LogP contribution in [0.1, 0.15) is 51.2 Å². The monoisotopic (exact) mass is 409 g/mol. The van der Waals surface area contributed by atoms with E-state index in [4.69, 9.17) is 4.74 Å². The van der Waals surface area contributed by atoms with Gasteiger partial charge in [-0.05, 0) is 40.0 Å². The molecule has 2 aromatic carbocycles. The van der Waals surface area contributed by atoms with Gasteiger partial charge in [0.1, 0.15) is 6.61 Å². The van der Waals surface area contributed by atoms with Gasteiger partial charge in [-0.2, -0.15) is 0 Å². The minimum atomic E-state index is -0.926. The zero-order valence-corrected chi connectivity index (χ0v) is 18.1. The fourth-order valence-electron chi connectivity index (χ4n) is 4.96. The molecule has 160 valence electrons. The number of amides is 1. The molecule has 1 aliphatic carbocycles. The van der Waals surface area contributed by atoms with E-state index in [1.54, 1.807) is 0 Å². The van der Waals surface area contributed by atoms with Gasteiger partial charge in [-0.15, -0.1) is 0 Å². The van der Waals surface area contributed by atoms with Gasteiger partial charge < -0.3 is 15.2 Å². The zero-order chi connectivity index (χ0) is 21.8. The van der Waals surface area contributed by atoms with Crippen LogP contribution in [0, 0.1) is 17.8 Å². The Morgan fingerprint density at radius 3 is 1.90 bits per heavy atom. The van der Waals surface area contributed by atoms with Gasteiger partial charge in [0, 0.05) is 12.0 Å². The molecule has 5 nitrogen and oxygen atoms in total. The summed E-state index contributed by atoms with van der Waals surface area (Å²) in [5.41, 5.74) is 4.64. The maximum Gasteiger partial charge on any atom is 0.407 e. The lowest BCUT2D eigenvalue weighted by Gasteiger charge is -2.33. The van der Waals surface area contributed by atoms with Gasteiger partial charge >= 0.3 is 12.1 Å². The summed E-state index contributed by atoms with van der Waals surface area (Å²) in [6.45, 7) is 8.43. The lowest BCUT2D eigenvalue weighted by atomic mass is 9.78. The Morgan fingerprint density at radius 2 is 1.43 bits per heavy atom. The first-order valence-corrected chi connectivity index (χ1v) is 10.6. The van der Waals surface area contributed by atoms with Crippen LogP contribution in [0.25, 0.3) is 11.1 Å². The molecule has 0 saturated carbocycles. The molecular formula is C25H31NO4. The summed E-state index contributed by atoms with van der Waals surface area (Å²) in [6, 6.07) is 15.9. The van der Waals surface area contributed by atoms with Gasteiger partial charge in [-0.25, -0.2) is 4.79 Å². The minimum Gasteiger partial charge on any atom is -0.481 e. The van der Waals surface area contributed by atoms with E-state index in [1.165, 1.54) is 11.1 Å². The molecule has 1 aliphatic rings. The molecule has 0 radical (unpaired) electrons. The van der Waals surface area contributed by atoms with Crippen molar-refractivity contribution in [2.45, 2.75) is 46.1 Å². The number of rotatable bonds is 8. The lowest BCUT2D eigenvalue weighted by molar-refractivity contribution is -0.138. The Balaban J connectivity index is 1.72. The molecule has 2 N–H and O–H groups in total. The number of aliphatic carboxylic acids is 1. The van der Waals surface area contributed by atoms with Crippen LogP contribution >= 0.6 is 0 Å². The number of nitrogens with one attached hydrogen (secondary N) is 1. The Hall–Kier alpha value is -2.82. The van der Waals surface area contributed by atoms with Gasteiger partial charge in [-0.3, -0.25) is 4.79 Å². The third-order valence-corrected chi connectivity index (χ3v) is 6.05. The molecule has 2 aromatic rings. The Kier molecular flexibility index (Phi) is 6.80. The SMILES string of the molecule is CC(C)C(C(C)C)[C@@H](CC(=O)O)NC(=O)OCC1c2ccccc2-c2ccccc21. The topological polar surface area (TPSA) is 75.6 Å². The second-order valence-corrected chi connectivity index (χ2v) is 8.74. The van der Waals surface area contributed by atoms with E-state index in [1.807, 2.05) is 24.3 Å². The maximum atomic E-state index is 12.6. The first kappa shape index (κ1) is 21.9. The molecule has 0 saturated heterocycles. The summed E-state index contributed by atoms with van der Waals surface area (Å²) in [5.74, 6) is -0.426. The van der Waals surface area contributed by atoms with Crippen LogP contribution in [0.5, 0.6) is 0 Å². The van der Waals surface area contributed by atoms with Crippen molar-refractivity contribution >= 4 is 12.1 Å². The van der Waals surface area contributed by atoms with Gasteiger partial charge in [-0.1, -0.05) is 76.2 Å². The number of benzene rings is 2. The molecular weight excluding hydrogens is 378 g/mol. The predicted molar refractivity (Wildman–Crippen MR) is 117 cm³/mol. The number of carboxylic acid groups (broad SMARTS) is 1. The average molecular weight is 410 g/mol. The standard InChI is InChI=1S/C25H31NO4/c1-15(2)24(16(3)4)22(13-23(27)28)26-25(29)30-14-21-19-11-7-5-9-17(19)18-10-6-8-12-20(18)21/h5-12,15-16,21-22,24H,13-14H2,1-4H3,(H,26,29)(H,27,28)/t22-/m1/s1.